The van der Waals surface area contributed by atoms with Crippen LogP contribution in [0.25, 0.3) is 0 Å². The Bertz CT molecular complexity index is 1470. The molecule has 2 unspecified atom stereocenters. The molecule has 3 aromatic rings. The molecule has 1 fully saturated rings. The molecule has 0 bridgehead atoms. The molecule has 1 aliphatic heterocycles. The van der Waals surface area contributed by atoms with Crippen molar-refractivity contribution in [2.75, 3.05) is 11.6 Å². The molecule has 0 spiro atoms. The molecule has 2 aromatic carbocycles. The van der Waals surface area contributed by atoms with E-state index in [9.17, 15) is 36.6 Å². The second-order valence-corrected chi connectivity index (χ2v) is 10.6. The molecule has 3 atom stereocenters. The number of benzene rings is 2. The standard InChI is InChI=1S/C24H19F3N4O6S2/c1-39(37)14-8-6-12(7-9-14)18-20(33)31(23(36)29-18)17(10-13-4-2-3-5-15(13)24(25,26)27)19(32)30-22-28-16(11-38-22)21(34)35/h2-9,11,17-18H,10H2,1H3,(H,29,36)(H,34,35)(H,28,30,32)/t17-,18?,39?/m0/s1. The van der Waals surface area contributed by atoms with Gasteiger partial charge in [0.15, 0.2) is 10.8 Å². The van der Waals surface area contributed by atoms with Crippen molar-refractivity contribution in [3.63, 3.8) is 0 Å². The molecule has 2 heterocycles. The van der Waals surface area contributed by atoms with Crippen LogP contribution in [0.15, 0.2) is 58.8 Å². The largest absolute Gasteiger partial charge is 0.476 e. The average Bonchev–Trinajstić information content (AvgIpc) is 3.46. The molecular weight excluding hydrogens is 561 g/mol. The number of carboxylic acid groups (broad SMARTS) is 1. The Hall–Kier alpha value is -4.11. The van der Waals surface area contributed by atoms with Crippen LogP contribution in [0.4, 0.5) is 23.1 Å². The smallest absolute Gasteiger partial charge is 0.416 e. The van der Waals surface area contributed by atoms with E-state index >= 15 is 0 Å². The maximum Gasteiger partial charge on any atom is 0.416 e. The predicted molar refractivity (Wildman–Crippen MR) is 134 cm³/mol. The van der Waals surface area contributed by atoms with Gasteiger partial charge < -0.3 is 15.7 Å². The van der Waals surface area contributed by atoms with E-state index in [-0.39, 0.29) is 16.4 Å². The maximum absolute atomic E-state index is 13.7. The Labute approximate surface area is 225 Å². The fourth-order valence-electron chi connectivity index (χ4n) is 3.97. The Morgan fingerprint density at radius 3 is 2.44 bits per heavy atom. The van der Waals surface area contributed by atoms with Crippen molar-refractivity contribution in [2.24, 2.45) is 0 Å². The summed E-state index contributed by atoms with van der Waals surface area (Å²) in [6.45, 7) is 0. The number of thiazole rings is 1. The van der Waals surface area contributed by atoms with Crippen molar-refractivity contribution < 1.29 is 41.7 Å². The number of amides is 4. The van der Waals surface area contributed by atoms with Gasteiger partial charge in [-0.1, -0.05) is 30.3 Å². The monoisotopic (exact) mass is 580 g/mol. The van der Waals surface area contributed by atoms with Crippen molar-refractivity contribution >= 4 is 51.1 Å². The summed E-state index contributed by atoms with van der Waals surface area (Å²) in [7, 11) is -1.30. The summed E-state index contributed by atoms with van der Waals surface area (Å²) in [5.41, 5.74) is -1.45. The van der Waals surface area contributed by atoms with Gasteiger partial charge >= 0.3 is 18.2 Å². The summed E-state index contributed by atoms with van der Waals surface area (Å²) < 4.78 is 52.7. The second kappa shape index (κ2) is 10.9. The number of carbonyl (C=O) groups excluding carboxylic acids is 3. The van der Waals surface area contributed by atoms with Gasteiger partial charge in [-0.05, 0) is 29.3 Å². The minimum atomic E-state index is -4.77. The number of halogens is 3. The van der Waals surface area contributed by atoms with E-state index in [1.165, 1.54) is 42.7 Å². The summed E-state index contributed by atoms with van der Waals surface area (Å²) in [5.74, 6) is -3.29. The minimum absolute atomic E-state index is 0.182. The number of carboxylic acids is 1. The highest BCUT2D eigenvalue weighted by atomic mass is 32.2. The molecule has 4 rings (SSSR count). The van der Waals surface area contributed by atoms with Gasteiger partial charge in [0.25, 0.3) is 5.91 Å². The fraction of sp³-hybridized carbons (Fsp3) is 0.208. The van der Waals surface area contributed by atoms with Crippen LogP contribution in [0.3, 0.4) is 0 Å². The van der Waals surface area contributed by atoms with Gasteiger partial charge in [-0.2, -0.15) is 13.2 Å². The topological polar surface area (TPSA) is 146 Å². The molecule has 4 amide bonds. The third kappa shape index (κ3) is 5.98. The molecule has 1 saturated heterocycles. The predicted octanol–water partition coefficient (Wildman–Crippen LogP) is 3.44. The molecule has 0 aliphatic carbocycles. The number of nitrogens with zero attached hydrogens (tertiary/aromatic N) is 2. The van der Waals surface area contributed by atoms with Crippen molar-refractivity contribution in [1.29, 1.82) is 0 Å². The van der Waals surface area contributed by atoms with Gasteiger partial charge in [-0.3, -0.25) is 13.8 Å². The molecule has 0 radical (unpaired) electrons. The number of rotatable bonds is 8. The van der Waals surface area contributed by atoms with E-state index in [1.807, 2.05) is 0 Å². The van der Waals surface area contributed by atoms with Crippen LogP contribution in [-0.2, 0) is 33.0 Å². The number of anilines is 1. The van der Waals surface area contributed by atoms with E-state index in [0.29, 0.717) is 15.4 Å². The molecule has 0 saturated carbocycles. The lowest BCUT2D eigenvalue weighted by molar-refractivity contribution is -0.138. The normalized spacial score (nSPS) is 17.0. The molecular formula is C24H19F3N4O6S2. The third-order valence-electron chi connectivity index (χ3n) is 5.82. The Morgan fingerprint density at radius 2 is 1.85 bits per heavy atom. The van der Waals surface area contributed by atoms with E-state index < -0.39 is 64.9 Å². The zero-order valence-electron chi connectivity index (χ0n) is 19.9. The number of urea groups is 1. The first-order chi connectivity index (χ1) is 18.4. The van der Waals surface area contributed by atoms with Crippen molar-refractivity contribution in [2.45, 2.75) is 29.6 Å². The molecule has 1 aliphatic rings. The van der Waals surface area contributed by atoms with Gasteiger partial charge in [0.05, 0.1) is 5.56 Å². The second-order valence-electron chi connectivity index (χ2n) is 8.32. The van der Waals surface area contributed by atoms with Crippen LogP contribution in [0.2, 0.25) is 0 Å². The number of aromatic nitrogens is 1. The number of alkyl halides is 3. The highest BCUT2D eigenvalue weighted by molar-refractivity contribution is 7.84. The third-order valence-corrected chi connectivity index (χ3v) is 7.51. The number of carbonyl (C=O) groups is 4. The van der Waals surface area contributed by atoms with Gasteiger partial charge in [-0.15, -0.1) is 11.3 Å². The number of imide groups is 1. The first kappa shape index (κ1) is 27.9. The minimum Gasteiger partial charge on any atom is -0.476 e. The zero-order valence-corrected chi connectivity index (χ0v) is 21.5. The molecule has 15 heteroatoms. The summed E-state index contributed by atoms with van der Waals surface area (Å²) in [6.07, 6.45) is -3.99. The maximum atomic E-state index is 13.7. The molecule has 10 nitrogen and oxygen atoms in total. The first-order valence-electron chi connectivity index (χ1n) is 11.1. The first-order valence-corrected chi connectivity index (χ1v) is 13.5. The highest BCUT2D eigenvalue weighted by Gasteiger charge is 2.46. The van der Waals surface area contributed by atoms with Crippen LogP contribution < -0.4 is 10.6 Å². The fourth-order valence-corrected chi connectivity index (χ4v) is 5.18. The van der Waals surface area contributed by atoms with Crippen LogP contribution in [0.1, 0.15) is 33.2 Å². The van der Waals surface area contributed by atoms with Gasteiger partial charge in [-0.25, -0.2) is 19.5 Å². The molecule has 3 N–H and O–H groups in total. The summed E-state index contributed by atoms with van der Waals surface area (Å²) in [4.78, 5) is 55.5. The van der Waals surface area contributed by atoms with E-state index in [0.717, 1.165) is 28.8 Å². The summed E-state index contributed by atoms with van der Waals surface area (Å²) in [5, 5.41) is 14.8. The number of aromatic carboxylic acids is 1. The SMILES string of the molecule is CS(=O)c1ccc(C2NC(=O)N([C@@H](Cc3ccccc3C(F)(F)F)C(=O)Nc3nc(C(=O)O)cs3)C2=O)cc1. The highest BCUT2D eigenvalue weighted by Crippen LogP contribution is 2.34. The average molecular weight is 581 g/mol. The van der Waals surface area contributed by atoms with Gasteiger partial charge in [0, 0.05) is 33.8 Å². The van der Waals surface area contributed by atoms with Crippen LogP contribution in [0.5, 0.6) is 0 Å². The van der Waals surface area contributed by atoms with Gasteiger partial charge in [0.1, 0.15) is 12.1 Å². The quantitative estimate of drug-likeness (QED) is 0.346. The Kier molecular flexibility index (Phi) is 7.83. The summed E-state index contributed by atoms with van der Waals surface area (Å²) >= 11 is 0.750. The van der Waals surface area contributed by atoms with Crippen LogP contribution in [-0.4, -0.2) is 55.3 Å². The van der Waals surface area contributed by atoms with E-state index in [1.54, 1.807) is 0 Å². The van der Waals surface area contributed by atoms with Crippen molar-refractivity contribution in [3.05, 3.63) is 76.3 Å². The number of hydrogen-bond donors (Lipinski definition) is 3. The number of hydrogen-bond acceptors (Lipinski definition) is 7. The van der Waals surface area contributed by atoms with E-state index in [2.05, 4.69) is 15.6 Å². The van der Waals surface area contributed by atoms with Crippen LogP contribution in [0, 0.1) is 0 Å². The molecule has 204 valence electrons. The van der Waals surface area contributed by atoms with Crippen LogP contribution >= 0.6 is 11.3 Å². The zero-order chi connectivity index (χ0) is 28.5. The molecule has 1 aromatic heterocycles. The van der Waals surface area contributed by atoms with Crippen molar-refractivity contribution in [3.8, 4) is 0 Å². The lowest BCUT2D eigenvalue weighted by atomic mass is 9.98. The lowest BCUT2D eigenvalue weighted by Crippen LogP contribution is -2.49. The lowest BCUT2D eigenvalue weighted by Gasteiger charge is -2.25. The van der Waals surface area contributed by atoms with Gasteiger partial charge in [0.2, 0.25) is 5.91 Å². The Morgan fingerprint density at radius 1 is 1.18 bits per heavy atom. The number of nitrogens with one attached hydrogen (secondary N) is 2. The van der Waals surface area contributed by atoms with Crippen molar-refractivity contribution in [1.82, 2.24) is 15.2 Å². The Balaban J connectivity index is 1.69. The van der Waals surface area contributed by atoms with E-state index in [4.69, 9.17) is 5.11 Å². The summed E-state index contributed by atoms with van der Waals surface area (Å²) in [6, 6.07) is 6.39. The molecule has 39 heavy (non-hydrogen) atoms.